The Hall–Kier alpha value is -3.77. The van der Waals surface area contributed by atoms with E-state index in [-0.39, 0.29) is 43.4 Å². The highest BCUT2D eigenvalue weighted by Crippen LogP contribution is 2.60. The van der Waals surface area contributed by atoms with Crippen LogP contribution in [0.5, 0.6) is 5.75 Å². The summed E-state index contributed by atoms with van der Waals surface area (Å²) in [6, 6.07) is 12.8. The average Bonchev–Trinajstić information content (AvgIpc) is 3.73. The molecule has 0 aliphatic carbocycles. The number of rotatable bonds is 10. The van der Waals surface area contributed by atoms with Crippen LogP contribution in [0.4, 0.5) is 17.1 Å². The molecule has 2 fully saturated rings. The second-order valence-electron chi connectivity index (χ2n) is 15.1. The summed E-state index contributed by atoms with van der Waals surface area (Å²) in [6.45, 7) is 12.6. The average molecular weight is 702 g/mol. The quantitative estimate of drug-likeness (QED) is 0.232. The van der Waals surface area contributed by atoms with E-state index in [1.165, 1.54) is 11.1 Å². The van der Waals surface area contributed by atoms with Crippen LogP contribution >= 0.6 is 0 Å². The molecule has 1 spiro atoms. The number of amides is 3. The summed E-state index contributed by atoms with van der Waals surface area (Å²) in [4.78, 5) is 59.0. The lowest BCUT2D eigenvalue weighted by molar-refractivity contribution is -0.149. The Bertz CT molecular complexity index is 1710. The third-order valence-electron chi connectivity index (χ3n) is 10.9. The number of carbonyl (C=O) groups is 3. The minimum Gasteiger partial charge on any atom is -0.482 e. The molecule has 4 heterocycles. The van der Waals surface area contributed by atoms with Gasteiger partial charge in [-0.1, -0.05) is 42.4 Å². The molecule has 0 saturated carbocycles. The smallest absolute Gasteiger partial charge is 0.269 e. The molecule has 3 amide bonds. The zero-order valence-electron chi connectivity index (χ0n) is 30.1. The molecule has 0 radical (unpaired) electrons. The molecule has 0 aromatic heterocycles. The molecule has 10 nitrogen and oxygen atoms in total. The summed E-state index contributed by atoms with van der Waals surface area (Å²) in [6.07, 6.45) is 6.93. The molecule has 4 aliphatic rings. The van der Waals surface area contributed by atoms with E-state index in [1.54, 1.807) is 14.7 Å². The van der Waals surface area contributed by atoms with Gasteiger partial charge in [0.1, 0.15) is 5.75 Å². The van der Waals surface area contributed by atoms with Gasteiger partial charge in [-0.05, 0) is 89.9 Å². The van der Waals surface area contributed by atoms with Crippen molar-refractivity contribution in [2.24, 2.45) is 5.92 Å². The van der Waals surface area contributed by atoms with Crippen LogP contribution in [-0.2, 0) is 24.7 Å². The Balaban J connectivity index is 1.43. The lowest BCUT2D eigenvalue weighted by atomic mass is 9.82. The van der Waals surface area contributed by atoms with Crippen molar-refractivity contribution in [3.05, 3.63) is 71.3 Å². The molecule has 6 rings (SSSR count). The van der Waals surface area contributed by atoms with Gasteiger partial charge in [0, 0.05) is 35.8 Å². The van der Waals surface area contributed by atoms with Gasteiger partial charge in [-0.3, -0.25) is 19.3 Å². The van der Waals surface area contributed by atoms with E-state index in [0.717, 1.165) is 25.7 Å². The van der Waals surface area contributed by atoms with E-state index in [9.17, 15) is 24.3 Å². The SMILES string of the molecule is CC(C)=CCC/C(C)=C/CN1C(=O)[C@]2(O[C@H](CC(=O)N3CCC[C@H]3CO)[C@@H]([Si](C)(C)O)[C@@H]2C)c2cc(N3C(=O)COc4ccccc43)ccc21. The molecule has 2 saturated heterocycles. The second kappa shape index (κ2) is 14.1. The summed E-state index contributed by atoms with van der Waals surface area (Å²) >= 11 is 0. The maximum Gasteiger partial charge on any atom is 0.269 e. The molecule has 268 valence electrons. The van der Waals surface area contributed by atoms with E-state index >= 15 is 0 Å². The Labute approximate surface area is 296 Å². The predicted molar refractivity (Wildman–Crippen MR) is 196 cm³/mol. The second-order valence-corrected chi connectivity index (χ2v) is 19.1. The fourth-order valence-corrected chi connectivity index (χ4v) is 11.1. The van der Waals surface area contributed by atoms with Gasteiger partial charge in [0.15, 0.2) is 20.5 Å². The standard InChI is InChI=1S/C39H51N3O7Si/c1-25(2)11-9-12-26(3)18-20-41-31-17-16-28(42-32-14-7-8-15-33(32)48-24-36(42)45)21-30(31)39(38(41)46)27(4)37(50(5,6)47)34(49-39)22-35(44)40-19-10-13-29(40)23-43/h7-8,11,14-18,21,27,29,34,37,43,47H,9-10,12-13,19-20,22-24H2,1-6H3/b26-18+/t27-,29-,34+,37-,39+/m0/s1. The monoisotopic (exact) mass is 701 g/mol. The normalized spacial score (nSPS) is 26.4. The summed E-state index contributed by atoms with van der Waals surface area (Å²) in [7, 11) is -3.03. The first-order valence-corrected chi connectivity index (χ1v) is 20.9. The Morgan fingerprint density at radius 2 is 1.84 bits per heavy atom. The van der Waals surface area contributed by atoms with E-state index in [4.69, 9.17) is 9.47 Å². The number of ether oxygens (including phenoxy) is 2. The van der Waals surface area contributed by atoms with Crippen LogP contribution in [0.15, 0.2) is 65.8 Å². The number of anilines is 3. The van der Waals surface area contributed by atoms with Crippen molar-refractivity contribution in [3.63, 3.8) is 0 Å². The fraction of sp³-hybridized carbons (Fsp3) is 0.513. The number of allylic oxidation sites excluding steroid dienone is 3. The van der Waals surface area contributed by atoms with Crippen molar-refractivity contribution in [3.8, 4) is 5.75 Å². The van der Waals surface area contributed by atoms with E-state index in [2.05, 4.69) is 32.9 Å². The Morgan fingerprint density at radius 1 is 1.08 bits per heavy atom. The van der Waals surface area contributed by atoms with Gasteiger partial charge < -0.3 is 29.2 Å². The molecule has 50 heavy (non-hydrogen) atoms. The molecule has 2 N–H and O–H groups in total. The predicted octanol–water partition coefficient (Wildman–Crippen LogP) is 5.95. The molecule has 5 atom stereocenters. The van der Waals surface area contributed by atoms with Crippen LogP contribution in [0.1, 0.15) is 65.4 Å². The van der Waals surface area contributed by atoms with Crippen molar-refractivity contribution >= 4 is 43.1 Å². The molecular formula is C39H51N3O7Si. The molecule has 2 aromatic carbocycles. The van der Waals surface area contributed by atoms with Crippen molar-refractivity contribution in [2.45, 2.75) is 96.2 Å². The van der Waals surface area contributed by atoms with Crippen molar-refractivity contribution in [1.82, 2.24) is 4.90 Å². The molecule has 11 heteroatoms. The maximum atomic E-state index is 15.0. The van der Waals surface area contributed by atoms with Gasteiger partial charge in [0.05, 0.1) is 36.5 Å². The highest BCUT2D eigenvalue weighted by molar-refractivity contribution is 6.71. The number of para-hydroxylation sites is 2. The first-order chi connectivity index (χ1) is 23.8. The minimum atomic E-state index is -3.03. The van der Waals surface area contributed by atoms with E-state index in [0.29, 0.717) is 41.5 Å². The van der Waals surface area contributed by atoms with Crippen molar-refractivity contribution in [2.75, 3.05) is 36.1 Å². The highest BCUT2D eigenvalue weighted by Gasteiger charge is 2.66. The topological polar surface area (TPSA) is 120 Å². The number of aliphatic hydroxyl groups is 1. The third-order valence-corrected chi connectivity index (χ3v) is 13.4. The summed E-state index contributed by atoms with van der Waals surface area (Å²) in [5.41, 5.74) is 3.04. The summed E-state index contributed by atoms with van der Waals surface area (Å²) in [5.74, 6) is -0.480. The van der Waals surface area contributed by atoms with Gasteiger partial charge in [-0.15, -0.1) is 0 Å². The minimum absolute atomic E-state index is 0.00521. The van der Waals surface area contributed by atoms with Crippen LogP contribution in [0.2, 0.25) is 18.6 Å². The third kappa shape index (κ3) is 6.45. The molecule has 2 aromatic rings. The van der Waals surface area contributed by atoms with Crippen LogP contribution in [-0.4, -0.2) is 79.3 Å². The zero-order chi connectivity index (χ0) is 36.0. The molecule has 4 aliphatic heterocycles. The van der Waals surface area contributed by atoms with Crippen LogP contribution in [0.25, 0.3) is 0 Å². The van der Waals surface area contributed by atoms with Crippen LogP contribution < -0.4 is 14.5 Å². The first kappa shape index (κ1) is 36.0. The number of benzene rings is 2. The summed E-state index contributed by atoms with van der Waals surface area (Å²) in [5, 5.41) is 9.93. The summed E-state index contributed by atoms with van der Waals surface area (Å²) < 4.78 is 12.7. The van der Waals surface area contributed by atoms with Gasteiger partial charge in [-0.2, -0.15) is 0 Å². The van der Waals surface area contributed by atoms with Crippen LogP contribution in [0, 0.1) is 5.92 Å². The van der Waals surface area contributed by atoms with Crippen molar-refractivity contribution < 1.29 is 33.8 Å². The largest absolute Gasteiger partial charge is 0.482 e. The number of fused-ring (bicyclic) bond motifs is 3. The Kier molecular flexibility index (Phi) is 10.2. The lowest BCUT2D eigenvalue weighted by Gasteiger charge is -2.33. The number of hydrogen-bond acceptors (Lipinski definition) is 7. The maximum absolute atomic E-state index is 15.0. The Morgan fingerprint density at radius 3 is 2.56 bits per heavy atom. The van der Waals surface area contributed by atoms with E-state index < -0.39 is 31.5 Å². The number of likely N-dealkylation sites (tertiary alicyclic amines) is 1. The van der Waals surface area contributed by atoms with E-state index in [1.807, 2.05) is 62.5 Å². The fourth-order valence-electron chi connectivity index (χ4n) is 8.55. The highest BCUT2D eigenvalue weighted by atomic mass is 28.4. The first-order valence-electron chi connectivity index (χ1n) is 17.9. The zero-order valence-corrected chi connectivity index (χ0v) is 31.1. The number of hydrogen-bond donors (Lipinski definition) is 2. The molecular weight excluding hydrogens is 651 g/mol. The number of aliphatic hydroxyl groups excluding tert-OH is 1. The molecule has 0 unspecified atom stereocenters. The van der Waals surface area contributed by atoms with Gasteiger partial charge in [0.25, 0.3) is 11.8 Å². The van der Waals surface area contributed by atoms with Crippen molar-refractivity contribution in [1.29, 1.82) is 0 Å². The number of nitrogens with zero attached hydrogens (tertiary/aromatic N) is 3. The van der Waals surface area contributed by atoms with Gasteiger partial charge in [0.2, 0.25) is 5.91 Å². The van der Waals surface area contributed by atoms with Gasteiger partial charge >= 0.3 is 0 Å². The lowest BCUT2D eigenvalue weighted by Crippen LogP contribution is -2.46. The van der Waals surface area contributed by atoms with Gasteiger partial charge in [-0.25, -0.2) is 0 Å². The van der Waals surface area contributed by atoms with Crippen LogP contribution in [0.3, 0.4) is 0 Å². The molecule has 0 bridgehead atoms. The number of carbonyl (C=O) groups excluding carboxylic acids is 3.